The van der Waals surface area contributed by atoms with Gasteiger partial charge in [-0.25, -0.2) is 0 Å². The second-order valence-corrected chi connectivity index (χ2v) is 5.92. The van der Waals surface area contributed by atoms with Crippen molar-refractivity contribution in [2.24, 2.45) is 5.84 Å². The Labute approximate surface area is 136 Å². The summed E-state index contributed by atoms with van der Waals surface area (Å²) in [6.45, 7) is 2.16. The summed E-state index contributed by atoms with van der Waals surface area (Å²) in [5.74, 6) is 6.11. The number of benzene rings is 2. The molecule has 0 aliphatic carbocycles. The van der Waals surface area contributed by atoms with Gasteiger partial charge in [-0.3, -0.25) is 11.3 Å². The molecule has 3 N–H and O–H groups in total. The van der Waals surface area contributed by atoms with Gasteiger partial charge < -0.3 is 0 Å². The van der Waals surface area contributed by atoms with E-state index in [2.05, 4.69) is 24.5 Å². The largest absolute Gasteiger partial charge is 0.271 e. The smallest absolute Gasteiger partial charge is 0.0453 e. The molecule has 0 saturated carbocycles. The van der Waals surface area contributed by atoms with Crippen LogP contribution in [0.3, 0.4) is 0 Å². The summed E-state index contributed by atoms with van der Waals surface area (Å²) in [4.78, 5) is 0. The van der Waals surface area contributed by atoms with Gasteiger partial charge in [-0.05, 0) is 36.1 Å². The van der Waals surface area contributed by atoms with E-state index in [4.69, 9.17) is 29.0 Å². The monoisotopic (exact) mass is 322 g/mol. The molecule has 0 saturated heterocycles. The molecular formula is C17H20Cl2N2. The molecule has 2 aromatic rings. The van der Waals surface area contributed by atoms with Crippen LogP contribution in [-0.2, 0) is 6.42 Å². The van der Waals surface area contributed by atoms with E-state index in [1.807, 2.05) is 36.4 Å². The minimum atomic E-state index is 0.0785. The van der Waals surface area contributed by atoms with Gasteiger partial charge in [-0.1, -0.05) is 66.5 Å². The highest BCUT2D eigenvalue weighted by Gasteiger charge is 2.22. The van der Waals surface area contributed by atoms with Crippen LogP contribution in [0.5, 0.6) is 0 Å². The van der Waals surface area contributed by atoms with Crippen molar-refractivity contribution in [2.45, 2.75) is 31.7 Å². The molecule has 0 spiro atoms. The van der Waals surface area contributed by atoms with E-state index in [1.165, 1.54) is 5.56 Å². The summed E-state index contributed by atoms with van der Waals surface area (Å²) in [5.41, 5.74) is 5.15. The summed E-state index contributed by atoms with van der Waals surface area (Å²) in [6, 6.07) is 16.0. The summed E-state index contributed by atoms with van der Waals surface area (Å²) in [5, 5.41) is 1.37. The minimum absolute atomic E-state index is 0.0785. The third-order valence-corrected chi connectivity index (χ3v) is 4.56. The molecule has 0 heterocycles. The van der Waals surface area contributed by atoms with Crippen LogP contribution in [0.1, 0.15) is 30.4 Å². The SMILES string of the molecule is CCC(c1ccccc1)C(Cc1c(Cl)cccc1Cl)NN. The molecule has 0 aromatic heterocycles. The van der Waals surface area contributed by atoms with Gasteiger partial charge in [-0.2, -0.15) is 0 Å². The average Bonchev–Trinajstić information content (AvgIpc) is 2.51. The van der Waals surface area contributed by atoms with Gasteiger partial charge >= 0.3 is 0 Å². The van der Waals surface area contributed by atoms with E-state index in [0.717, 1.165) is 12.0 Å². The van der Waals surface area contributed by atoms with Gasteiger partial charge in [0.05, 0.1) is 0 Å². The quantitative estimate of drug-likeness (QED) is 0.604. The summed E-state index contributed by atoms with van der Waals surface area (Å²) < 4.78 is 0. The van der Waals surface area contributed by atoms with Crippen molar-refractivity contribution in [3.05, 3.63) is 69.7 Å². The van der Waals surface area contributed by atoms with Crippen molar-refractivity contribution in [3.8, 4) is 0 Å². The standard InChI is InChI=1S/C17H20Cl2N2/c1-2-13(12-7-4-3-5-8-12)17(21-20)11-14-15(18)9-6-10-16(14)19/h3-10,13,17,21H,2,11,20H2,1H3. The Bertz CT molecular complexity index is 552. The molecule has 2 unspecified atom stereocenters. The maximum Gasteiger partial charge on any atom is 0.0453 e. The second kappa shape index (κ2) is 7.81. The summed E-state index contributed by atoms with van der Waals surface area (Å²) in [7, 11) is 0. The van der Waals surface area contributed by atoms with E-state index >= 15 is 0 Å². The highest BCUT2D eigenvalue weighted by Crippen LogP contribution is 2.30. The highest BCUT2D eigenvalue weighted by molar-refractivity contribution is 6.36. The highest BCUT2D eigenvalue weighted by atomic mass is 35.5. The van der Waals surface area contributed by atoms with Crippen LogP contribution in [0.2, 0.25) is 10.0 Å². The van der Waals surface area contributed by atoms with E-state index in [0.29, 0.717) is 22.4 Å². The van der Waals surface area contributed by atoms with Gasteiger partial charge in [0.1, 0.15) is 0 Å². The van der Waals surface area contributed by atoms with Gasteiger partial charge in [0.2, 0.25) is 0 Å². The number of halogens is 2. The average molecular weight is 323 g/mol. The van der Waals surface area contributed by atoms with E-state index < -0.39 is 0 Å². The van der Waals surface area contributed by atoms with Crippen molar-refractivity contribution in [3.63, 3.8) is 0 Å². The zero-order chi connectivity index (χ0) is 15.2. The molecule has 112 valence electrons. The summed E-state index contributed by atoms with van der Waals surface area (Å²) >= 11 is 12.5. The van der Waals surface area contributed by atoms with E-state index in [1.54, 1.807) is 0 Å². The minimum Gasteiger partial charge on any atom is -0.271 e. The number of hydrazine groups is 1. The van der Waals surface area contributed by atoms with Crippen LogP contribution in [0.15, 0.2) is 48.5 Å². The van der Waals surface area contributed by atoms with E-state index in [-0.39, 0.29) is 6.04 Å². The van der Waals surface area contributed by atoms with Gasteiger partial charge in [0.15, 0.2) is 0 Å². The first-order valence-electron chi connectivity index (χ1n) is 7.11. The first-order chi connectivity index (χ1) is 10.2. The van der Waals surface area contributed by atoms with Crippen molar-refractivity contribution in [1.82, 2.24) is 5.43 Å². The lowest BCUT2D eigenvalue weighted by molar-refractivity contribution is 0.427. The molecule has 21 heavy (non-hydrogen) atoms. The van der Waals surface area contributed by atoms with Crippen molar-refractivity contribution in [1.29, 1.82) is 0 Å². The number of nitrogens with two attached hydrogens (primary N) is 1. The fourth-order valence-electron chi connectivity index (χ4n) is 2.72. The zero-order valence-corrected chi connectivity index (χ0v) is 13.5. The van der Waals surface area contributed by atoms with Crippen LogP contribution in [0.25, 0.3) is 0 Å². The zero-order valence-electron chi connectivity index (χ0n) is 12.0. The van der Waals surface area contributed by atoms with Gasteiger partial charge in [0.25, 0.3) is 0 Å². The van der Waals surface area contributed by atoms with Crippen LogP contribution in [-0.4, -0.2) is 6.04 Å². The lowest BCUT2D eigenvalue weighted by Crippen LogP contribution is -2.41. The number of hydrogen-bond acceptors (Lipinski definition) is 2. The molecule has 0 aliphatic rings. The van der Waals surface area contributed by atoms with Crippen LogP contribution >= 0.6 is 23.2 Å². The second-order valence-electron chi connectivity index (χ2n) is 5.10. The lowest BCUT2D eigenvalue weighted by Gasteiger charge is -2.27. The first kappa shape index (κ1) is 16.3. The Kier molecular flexibility index (Phi) is 6.07. The van der Waals surface area contributed by atoms with Gasteiger partial charge in [0, 0.05) is 22.0 Å². The maximum absolute atomic E-state index is 6.27. The molecule has 0 aliphatic heterocycles. The molecule has 2 atom stereocenters. The topological polar surface area (TPSA) is 38.0 Å². The molecule has 0 radical (unpaired) electrons. The normalized spacial score (nSPS) is 13.9. The van der Waals surface area contributed by atoms with Crippen molar-refractivity contribution >= 4 is 23.2 Å². The summed E-state index contributed by atoms with van der Waals surface area (Å²) in [6.07, 6.45) is 1.68. The van der Waals surface area contributed by atoms with Crippen LogP contribution in [0.4, 0.5) is 0 Å². The first-order valence-corrected chi connectivity index (χ1v) is 7.87. The number of hydrogen-bond donors (Lipinski definition) is 2. The third kappa shape index (κ3) is 3.98. The Morgan fingerprint density at radius 3 is 2.14 bits per heavy atom. The third-order valence-electron chi connectivity index (χ3n) is 3.85. The number of rotatable bonds is 6. The Hall–Kier alpha value is -1.06. The Morgan fingerprint density at radius 1 is 1.00 bits per heavy atom. The lowest BCUT2D eigenvalue weighted by atomic mass is 9.86. The fourth-order valence-corrected chi connectivity index (χ4v) is 3.27. The fraction of sp³-hybridized carbons (Fsp3) is 0.294. The predicted octanol–water partition coefficient (Wildman–Crippen LogP) is 4.56. The van der Waals surface area contributed by atoms with E-state index in [9.17, 15) is 0 Å². The van der Waals surface area contributed by atoms with Gasteiger partial charge in [-0.15, -0.1) is 0 Å². The van der Waals surface area contributed by atoms with Crippen LogP contribution in [0, 0.1) is 0 Å². The predicted molar refractivity (Wildman–Crippen MR) is 90.8 cm³/mol. The molecular weight excluding hydrogens is 303 g/mol. The van der Waals surface area contributed by atoms with Crippen molar-refractivity contribution in [2.75, 3.05) is 0 Å². The Morgan fingerprint density at radius 2 is 1.62 bits per heavy atom. The molecule has 2 aromatic carbocycles. The maximum atomic E-state index is 6.27. The molecule has 2 rings (SSSR count). The van der Waals surface area contributed by atoms with Crippen LogP contribution < -0.4 is 11.3 Å². The Balaban J connectivity index is 2.26. The van der Waals surface area contributed by atoms with Crippen molar-refractivity contribution < 1.29 is 0 Å². The molecule has 2 nitrogen and oxygen atoms in total. The molecule has 0 bridgehead atoms. The molecule has 4 heteroatoms. The molecule has 0 fully saturated rings. The number of nitrogens with one attached hydrogen (secondary N) is 1. The molecule has 0 amide bonds.